The lowest BCUT2D eigenvalue weighted by Gasteiger charge is -2.17. The molecule has 0 aromatic heterocycles. The Kier molecular flexibility index (Phi) is 7.27. The number of carbonyl (C=O) groups excluding carboxylic acids is 1. The van der Waals surface area contributed by atoms with E-state index in [1.165, 1.54) is 0 Å². The van der Waals surface area contributed by atoms with E-state index in [1.54, 1.807) is 6.92 Å². The highest BCUT2D eigenvalue weighted by molar-refractivity contribution is 5.85. The molecule has 3 nitrogen and oxygen atoms in total. The van der Waals surface area contributed by atoms with Crippen molar-refractivity contribution in [3.05, 3.63) is 0 Å². The molecule has 0 fully saturated rings. The van der Waals surface area contributed by atoms with E-state index in [0.717, 1.165) is 6.42 Å². The first kappa shape index (κ1) is 15.2. The molecule has 0 aliphatic rings. The van der Waals surface area contributed by atoms with Crippen LogP contribution in [0.1, 0.15) is 34.1 Å². The normalized spacial score (nSPS) is 13.0. The monoisotopic (exact) mass is 209 g/mol. The molecule has 0 spiro atoms. The maximum Gasteiger partial charge on any atom is 0.322 e. The molecule has 0 heterocycles. The van der Waals surface area contributed by atoms with E-state index in [4.69, 9.17) is 10.5 Å². The molecule has 0 aliphatic heterocycles. The van der Waals surface area contributed by atoms with Crippen LogP contribution in [0.4, 0.5) is 0 Å². The average molecular weight is 210 g/mol. The summed E-state index contributed by atoms with van der Waals surface area (Å²) in [6, 6.07) is -0.509. The van der Waals surface area contributed by atoms with Gasteiger partial charge in [0.15, 0.2) is 0 Å². The van der Waals surface area contributed by atoms with Crippen molar-refractivity contribution in [1.29, 1.82) is 0 Å². The van der Waals surface area contributed by atoms with Crippen LogP contribution in [0.2, 0.25) is 0 Å². The summed E-state index contributed by atoms with van der Waals surface area (Å²) in [6.45, 7) is 8.40. The molecule has 0 saturated carbocycles. The van der Waals surface area contributed by atoms with E-state index >= 15 is 0 Å². The summed E-state index contributed by atoms with van der Waals surface area (Å²) >= 11 is 0. The molecule has 4 heteroatoms. The van der Waals surface area contributed by atoms with E-state index in [0.29, 0.717) is 6.61 Å². The lowest BCUT2D eigenvalue weighted by molar-refractivity contribution is -0.145. The summed E-state index contributed by atoms with van der Waals surface area (Å²) in [5.74, 6) is -0.320. The van der Waals surface area contributed by atoms with Gasteiger partial charge in [-0.05, 0) is 18.8 Å². The third kappa shape index (κ3) is 9.64. The Hall–Kier alpha value is -0.280. The number of halogens is 1. The van der Waals surface area contributed by atoms with Crippen LogP contribution in [0.25, 0.3) is 0 Å². The largest absolute Gasteiger partial charge is 0.465 e. The smallest absolute Gasteiger partial charge is 0.322 e. The average Bonchev–Trinajstić information content (AvgIpc) is 1.84. The Morgan fingerprint density at radius 2 is 1.92 bits per heavy atom. The molecule has 2 N–H and O–H groups in total. The predicted molar refractivity (Wildman–Crippen MR) is 55.9 cm³/mol. The molecule has 0 bridgehead atoms. The van der Waals surface area contributed by atoms with Crippen LogP contribution in [0.5, 0.6) is 0 Å². The maximum absolute atomic E-state index is 10.9. The van der Waals surface area contributed by atoms with Crippen molar-refractivity contribution < 1.29 is 9.53 Å². The van der Waals surface area contributed by atoms with Crippen LogP contribution in [-0.4, -0.2) is 18.6 Å². The molecular weight excluding hydrogens is 190 g/mol. The fourth-order valence-electron chi connectivity index (χ4n) is 0.589. The summed E-state index contributed by atoms with van der Waals surface area (Å²) in [6.07, 6.45) is 0.867. The zero-order chi connectivity index (χ0) is 9.78. The molecule has 13 heavy (non-hydrogen) atoms. The SMILES string of the molecule is CC(N)C(=O)OCCC(C)(C)C.Cl. The summed E-state index contributed by atoms with van der Waals surface area (Å²) in [7, 11) is 0. The minimum Gasteiger partial charge on any atom is -0.465 e. The second kappa shape index (κ2) is 6.22. The fraction of sp³-hybridized carbons (Fsp3) is 0.889. The van der Waals surface area contributed by atoms with Crippen LogP contribution in [0, 0.1) is 5.41 Å². The third-order valence-electron chi connectivity index (χ3n) is 1.47. The Morgan fingerprint density at radius 3 is 2.23 bits per heavy atom. The van der Waals surface area contributed by atoms with Gasteiger partial charge < -0.3 is 10.5 Å². The Morgan fingerprint density at radius 1 is 1.46 bits per heavy atom. The van der Waals surface area contributed by atoms with Crippen molar-refractivity contribution in [2.75, 3.05) is 6.61 Å². The van der Waals surface area contributed by atoms with Gasteiger partial charge in [0.05, 0.1) is 6.61 Å². The quantitative estimate of drug-likeness (QED) is 0.721. The number of rotatable bonds is 3. The van der Waals surface area contributed by atoms with Gasteiger partial charge in [-0.3, -0.25) is 4.79 Å². The van der Waals surface area contributed by atoms with Gasteiger partial charge >= 0.3 is 5.97 Å². The van der Waals surface area contributed by atoms with Gasteiger partial charge in [0, 0.05) is 0 Å². The predicted octanol–water partition coefficient (Wildman–Crippen LogP) is 1.73. The van der Waals surface area contributed by atoms with E-state index in [9.17, 15) is 4.79 Å². The number of esters is 1. The van der Waals surface area contributed by atoms with Crippen molar-refractivity contribution >= 4 is 18.4 Å². The molecular formula is C9H20ClNO2. The van der Waals surface area contributed by atoms with Crippen LogP contribution in [-0.2, 0) is 9.53 Å². The van der Waals surface area contributed by atoms with Gasteiger partial charge in [0.1, 0.15) is 6.04 Å². The van der Waals surface area contributed by atoms with Crippen LogP contribution in [0.3, 0.4) is 0 Å². The second-order valence-electron chi connectivity index (χ2n) is 4.27. The van der Waals surface area contributed by atoms with Gasteiger partial charge in [0.2, 0.25) is 0 Å². The van der Waals surface area contributed by atoms with Crippen molar-refractivity contribution in [3.63, 3.8) is 0 Å². The van der Waals surface area contributed by atoms with Gasteiger partial charge in [-0.25, -0.2) is 0 Å². The van der Waals surface area contributed by atoms with Gasteiger partial charge in [-0.1, -0.05) is 20.8 Å². The number of hydrogen-bond donors (Lipinski definition) is 1. The Bertz CT molecular complexity index is 152. The topological polar surface area (TPSA) is 52.3 Å². The first-order valence-electron chi connectivity index (χ1n) is 4.25. The Balaban J connectivity index is 0. The fourth-order valence-corrected chi connectivity index (χ4v) is 0.589. The molecule has 80 valence electrons. The highest BCUT2D eigenvalue weighted by atomic mass is 35.5. The minimum atomic E-state index is -0.509. The van der Waals surface area contributed by atoms with Gasteiger partial charge in [0.25, 0.3) is 0 Å². The molecule has 1 atom stereocenters. The highest BCUT2D eigenvalue weighted by Crippen LogP contribution is 2.17. The molecule has 0 amide bonds. The van der Waals surface area contributed by atoms with Crippen molar-refractivity contribution in [2.24, 2.45) is 11.1 Å². The van der Waals surface area contributed by atoms with Gasteiger partial charge in [-0.2, -0.15) is 0 Å². The first-order chi connectivity index (χ1) is 5.33. The van der Waals surface area contributed by atoms with Crippen molar-refractivity contribution in [2.45, 2.75) is 40.2 Å². The number of nitrogens with two attached hydrogens (primary N) is 1. The summed E-state index contributed by atoms with van der Waals surface area (Å²) < 4.78 is 4.92. The van der Waals surface area contributed by atoms with Crippen LogP contribution >= 0.6 is 12.4 Å². The van der Waals surface area contributed by atoms with Crippen molar-refractivity contribution in [1.82, 2.24) is 0 Å². The van der Waals surface area contributed by atoms with Crippen molar-refractivity contribution in [3.8, 4) is 0 Å². The van der Waals surface area contributed by atoms with Crippen LogP contribution < -0.4 is 5.73 Å². The summed E-state index contributed by atoms with van der Waals surface area (Å²) in [4.78, 5) is 10.9. The number of ether oxygens (including phenoxy) is 1. The summed E-state index contributed by atoms with van der Waals surface area (Å²) in [5, 5.41) is 0. The maximum atomic E-state index is 10.9. The van der Waals surface area contributed by atoms with E-state index in [-0.39, 0.29) is 23.8 Å². The highest BCUT2D eigenvalue weighted by Gasteiger charge is 2.13. The van der Waals surface area contributed by atoms with E-state index in [1.807, 2.05) is 0 Å². The number of hydrogen-bond acceptors (Lipinski definition) is 3. The van der Waals surface area contributed by atoms with Gasteiger partial charge in [-0.15, -0.1) is 12.4 Å². The lowest BCUT2D eigenvalue weighted by Crippen LogP contribution is -2.29. The molecule has 0 saturated heterocycles. The molecule has 0 aliphatic carbocycles. The molecule has 0 radical (unpaired) electrons. The zero-order valence-electron chi connectivity index (χ0n) is 8.79. The third-order valence-corrected chi connectivity index (χ3v) is 1.47. The molecule has 0 aromatic rings. The second-order valence-corrected chi connectivity index (χ2v) is 4.27. The number of carbonyl (C=O) groups is 1. The Labute approximate surface area is 86.4 Å². The molecule has 1 unspecified atom stereocenters. The van der Waals surface area contributed by atoms with E-state index < -0.39 is 6.04 Å². The lowest BCUT2D eigenvalue weighted by atomic mass is 9.93. The summed E-state index contributed by atoms with van der Waals surface area (Å²) in [5.41, 5.74) is 5.52. The first-order valence-corrected chi connectivity index (χ1v) is 4.25. The van der Waals surface area contributed by atoms with Crippen LogP contribution in [0.15, 0.2) is 0 Å². The zero-order valence-corrected chi connectivity index (χ0v) is 9.61. The van der Waals surface area contributed by atoms with E-state index in [2.05, 4.69) is 20.8 Å². The molecule has 0 aromatic carbocycles. The standard InChI is InChI=1S/C9H19NO2.ClH/c1-7(10)8(11)12-6-5-9(2,3)4;/h7H,5-6,10H2,1-4H3;1H. The molecule has 0 rings (SSSR count). The minimum absolute atomic E-state index is 0.